The molecule has 2 heterocycles. The maximum absolute atomic E-state index is 9.37. The van der Waals surface area contributed by atoms with Gasteiger partial charge in [-0.05, 0) is 12.0 Å². The summed E-state index contributed by atoms with van der Waals surface area (Å²) in [6.45, 7) is 2.86. The van der Waals surface area contributed by atoms with Gasteiger partial charge in [0.25, 0.3) is 0 Å². The fourth-order valence-corrected chi connectivity index (χ4v) is 1.84. The number of rotatable bonds is 6. The first-order valence-corrected chi connectivity index (χ1v) is 6.50. The van der Waals surface area contributed by atoms with Crippen LogP contribution in [-0.4, -0.2) is 55.3 Å². The number of hydrogen-bond acceptors (Lipinski definition) is 6. The van der Waals surface area contributed by atoms with Crippen molar-refractivity contribution >= 4 is 11.3 Å². The summed E-state index contributed by atoms with van der Waals surface area (Å²) in [5.41, 5.74) is 0.441. The Bertz CT molecular complexity index is 570. The lowest BCUT2D eigenvalue weighted by Crippen LogP contribution is -2.49. The van der Waals surface area contributed by atoms with Crippen LogP contribution in [0.1, 0.15) is 25.5 Å². The maximum atomic E-state index is 9.37. The van der Waals surface area contributed by atoms with Crippen LogP contribution < -0.4 is 5.32 Å². The third kappa shape index (κ3) is 2.60. The summed E-state index contributed by atoms with van der Waals surface area (Å²) >= 11 is 0. The van der Waals surface area contributed by atoms with Crippen molar-refractivity contribution in [3.8, 4) is 0 Å². The molecule has 0 unspecified atom stereocenters. The lowest BCUT2D eigenvalue weighted by molar-refractivity contribution is 0.0832. The van der Waals surface area contributed by atoms with E-state index in [0.29, 0.717) is 5.82 Å². The van der Waals surface area contributed by atoms with Crippen LogP contribution in [0.3, 0.4) is 0 Å². The molecule has 0 aliphatic carbocycles. The number of fused-ring (bicyclic) bond motifs is 1. The average Bonchev–Trinajstić information content (AvgIpc) is 2.90. The molecule has 2 aromatic rings. The third-order valence-corrected chi connectivity index (χ3v) is 3.29. The molecule has 0 radical (unpaired) electrons. The number of aromatic nitrogens is 3. The molecule has 0 spiro atoms. The number of aliphatic hydroxyl groups is 3. The highest BCUT2D eigenvalue weighted by atomic mass is 16.3. The molecule has 2 aromatic heterocycles. The van der Waals surface area contributed by atoms with Crippen LogP contribution in [0, 0.1) is 0 Å². The minimum absolute atomic E-state index is 0.279. The normalized spacial score (nSPS) is 12.3. The van der Waals surface area contributed by atoms with E-state index in [-0.39, 0.29) is 5.92 Å². The van der Waals surface area contributed by atoms with Crippen LogP contribution in [-0.2, 0) is 0 Å². The van der Waals surface area contributed by atoms with E-state index in [4.69, 9.17) is 0 Å². The standard InChI is InChI=1S/C13H20N4O3/c1-9(2)10-5-11-12(14-3-4-17(11)16-10)15-13(6-18,7-19)8-20/h3-5,9,18-20H,6-8H2,1-2H3,(H,14,15). The summed E-state index contributed by atoms with van der Waals surface area (Å²) in [5.74, 6) is 0.741. The second-order valence-corrected chi connectivity index (χ2v) is 5.21. The molecule has 0 aromatic carbocycles. The van der Waals surface area contributed by atoms with Crippen LogP contribution in [0.5, 0.6) is 0 Å². The molecule has 110 valence electrons. The number of anilines is 1. The molecule has 0 aliphatic rings. The number of aliphatic hydroxyl groups excluding tert-OH is 3. The van der Waals surface area contributed by atoms with Gasteiger partial charge in [-0.15, -0.1) is 0 Å². The first-order valence-electron chi connectivity index (χ1n) is 6.50. The summed E-state index contributed by atoms with van der Waals surface area (Å²) < 4.78 is 1.68. The fraction of sp³-hybridized carbons (Fsp3) is 0.538. The second kappa shape index (κ2) is 5.74. The van der Waals surface area contributed by atoms with E-state index in [0.717, 1.165) is 11.2 Å². The molecule has 0 atom stereocenters. The molecule has 0 bridgehead atoms. The molecule has 7 nitrogen and oxygen atoms in total. The van der Waals surface area contributed by atoms with Gasteiger partial charge in [0.2, 0.25) is 0 Å². The molecule has 0 amide bonds. The van der Waals surface area contributed by atoms with Gasteiger partial charge >= 0.3 is 0 Å². The van der Waals surface area contributed by atoms with Gasteiger partial charge in [-0.1, -0.05) is 13.8 Å². The maximum Gasteiger partial charge on any atom is 0.152 e. The molecule has 0 saturated heterocycles. The van der Waals surface area contributed by atoms with Crippen LogP contribution in [0.15, 0.2) is 18.5 Å². The Balaban J connectivity index is 2.44. The molecule has 0 saturated carbocycles. The fourth-order valence-electron chi connectivity index (χ4n) is 1.84. The SMILES string of the molecule is CC(C)c1cc2c(NC(CO)(CO)CO)nccn2n1. The molecule has 0 fully saturated rings. The van der Waals surface area contributed by atoms with Crippen molar-refractivity contribution in [1.29, 1.82) is 0 Å². The topological polar surface area (TPSA) is 103 Å². The number of nitrogens with zero attached hydrogens (tertiary/aromatic N) is 3. The predicted octanol–water partition coefficient (Wildman–Crippen LogP) is -0.0197. The van der Waals surface area contributed by atoms with Gasteiger partial charge in [0.15, 0.2) is 5.82 Å². The predicted molar refractivity (Wildman–Crippen MR) is 74.7 cm³/mol. The van der Waals surface area contributed by atoms with Crippen molar-refractivity contribution in [2.45, 2.75) is 25.3 Å². The second-order valence-electron chi connectivity index (χ2n) is 5.21. The Labute approximate surface area is 116 Å². The van der Waals surface area contributed by atoms with Crippen molar-refractivity contribution in [2.24, 2.45) is 0 Å². The Morgan fingerprint density at radius 2 is 1.90 bits per heavy atom. The highest BCUT2D eigenvalue weighted by molar-refractivity contribution is 5.68. The quantitative estimate of drug-likeness (QED) is 0.593. The lowest BCUT2D eigenvalue weighted by atomic mass is 10.0. The van der Waals surface area contributed by atoms with Crippen LogP contribution >= 0.6 is 0 Å². The molecular formula is C13H20N4O3. The summed E-state index contributed by atoms with van der Waals surface area (Å²) in [5, 5.41) is 35.5. The van der Waals surface area contributed by atoms with Crippen molar-refractivity contribution in [3.63, 3.8) is 0 Å². The van der Waals surface area contributed by atoms with Crippen LogP contribution in [0.25, 0.3) is 5.52 Å². The van der Waals surface area contributed by atoms with Gasteiger partial charge in [0.1, 0.15) is 11.1 Å². The van der Waals surface area contributed by atoms with E-state index in [1.165, 1.54) is 0 Å². The summed E-state index contributed by atoms with van der Waals surface area (Å²) in [4.78, 5) is 4.20. The Kier molecular flexibility index (Phi) is 4.22. The molecular weight excluding hydrogens is 260 g/mol. The highest BCUT2D eigenvalue weighted by Gasteiger charge is 2.29. The van der Waals surface area contributed by atoms with E-state index >= 15 is 0 Å². The van der Waals surface area contributed by atoms with Gasteiger partial charge in [-0.25, -0.2) is 9.50 Å². The van der Waals surface area contributed by atoms with E-state index in [9.17, 15) is 15.3 Å². The smallest absolute Gasteiger partial charge is 0.152 e. The van der Waals surface area contributed by atoms with Gasteiger partial charge in [-0.3, -0.25) is 0 Å². The third-order valence-electron chi connectivity index (χ3n) is 3.29. The van der Waals surface area contributed by atoms with Crippen molar-refractivity contribution < 1.29 is 15.3 Å². The van der Waals surface area contributed by atoms with E-state index in [1.54, 1.807) is 16.9 Å². The van der Waals surface area contributed by atoms with Crippen molar-refractivity contribution in [2.75, 3.05) is 25.1 Å². The summed E-state index contributed by atoms with van der Waals surface area (Å²) in [7, 11) is 0. The van der Waals surface area contributed by atoms with Crippen LogP contribution in [0.2, 0.25) is 0 Å². The zero-order chi connectivity index (χ0) is 14.8. The molecule has 7 heteroatoms. The van der Waals surface area contributed by atoms with Crippen molar-refractivity contribution in [1.82, 2.24) is 14.6 Å². The highest BCUT2D eigenvalue weighted by Crippen LogP contribution is 2.22. The van der Waals surface area contributed by atoms with Crippen molar-refractivity contribution in [3.05, 3.63) is 24.2 Å². The average molecular weight is 280 g/mol. The largest absolute Gasteiger partial charge is 0.394 e. The number of nitrogens with one attached hydrogen (secondary N) is 1. The minimum Gasteiger partial charge on any atom is -0.394 e. The van der Waals surface area contributed by atoms with Gasteiger partial charge in [0.05, 0.1) is 25.5 Å². The van der Waals surface area contributed by atoms with E-state index in [2.05, 4.69) is 15.4 Å². The summed E-state index contributed by atoms with van der Waals surface area (Å²) in [6.07, 6.45) is 3.30. The van der Waals surface area contributed by atoms with Gasteiger partial charge in [0, 0.05) is 12.4 Å². The van der Waals surface area contributed by atoms with E-state index in [1.807, 2.05) is 19.9 Å². The molecule has 20 heavy (non-hydrogen) atoms. The lowest BCUT2D eigenvalue weighted by Gasteiger charge is -2.29. The first-order chi connectivity index (χ1) is 9.55. The Hall–Kier alpha value is -1.70. The van der Waals surface area contributed by atoms with Crippen LogP contribution in [0.4, 0.5) is 5.82 Å². The van der Waals surface area contributed by atoms with E-state index < -0.39 is 25.4 Å². The first kappa shape index (κ1) is 14.7. The zero-order valence-electron chi connectivity index (χ0n) is 11.6. The minimum atomic E-state index is -1.21. The zero-order valence-corrected chi connectivity index (χ0v) is 11.6. The molecule has 2 rings (SSSR count). The Morgan fingerprint density at radius 3 is 2.45 bits per heavy atom. The molecule has 0 aliphatic heterocycles. The monoisotopic (exact) mass is 280 g/mol. The molecule has 4 N–H and O–H groups in total. The Morgan fingerprint density at radius 1 is 1.25 bits per heavy atom. The van der Waals surface area contributed by atoms with Gasteiger partial charge in [-0.2, -0.15) is 5.10 Å². The number of hydrogen-bond donors (Lipinski definition) is 4. The summed E-state index contributed by atoms with van der Waals surface area (Å²) in [6, 6.07) is 1.90. The van der Waals surface area contributed by atoms with Gasteiger partial charge < -0.3 is 20.6 Å².